The first-order valence-electron chi connectivity index (χ1n) is 7.43. The van der Waals surface area contributed by atoms with Crippen molar-refractivity contribution in [3.63, 3.8) is 0 Å². The maximum atomic E-state index is 11.6. The molecule has 0 aromatic heterocycles. The number of hydrogen-bond acceptors (Lipinski definition) is 7. The first kappa shape index (κ1) is 21.1. The second kappa shape index (κ2) is 10.0. The largest absolute Gasteiger partial charge is 0.467 e. The summed E-state index contributed by atoms with van der Waals surface area (Å²) < 4.78 is 9.71. The molecule has 0 aliphatic carbocycles. The number of carbonyl (C=O) groups is 3. The zero-order valence-electron chi connectivity index (χ0n) is 14.2. The molecule has 9 nitrogen and oxygen atoms in total. The number of nitrogens with one attached hydrogen (secondary N) is 2. The van der Waals surface area contributed by atoms with Crippen molar-refractivity contribution in [2.75, 3.05) is 13.7 Å². The Morgan fingerprint density at radius 3 is 2.22 bits per heavy atom. The van der Waals surface area contributed by atoms with Gasteiger partial charge in [0.25, 0.3) is 5.91 Å². The second-order valence-electron chi connectivity index (χ2n) is 6.03. The molecule has 0 rings (SSSR count). The van der Waals surface area contributed by atoms with Crippen molar-refractivity contribution >= 4 is 18.0 Å². The van der Waals surface area contributed by atoms with Crippen molar-refractivity contribution in [1.82, 2.24) is 10.6 Å². The van der Waals surface area contributed by atoms with Gasteiger partial charge in [-0.25, -0.2) is 9.59 Å². The summed E-state index contributed by atoms with van der Waals surface area (Å²) in [6, 6.07) is -0.816. The lowest BCUT2D eigenvalue weighted by Crippen LogP contribution is -2.52. The van der Waals surface area contributed by atoms with E-state index < -0.39 is 35.8 Å². The van der Waals surface area contributed by atoms with E-state index in [9.17, 15) is 14.4 Å². The molecule has 9 heteroatoms. The van der Waals surface area contributed by atoms with Crippen LogP contribution in [-0.4, -0.2) is 49.4 Å². The molecule has 0 radical (unpaired) electrons. The van der Waals surface area contributed by atoms with Crippen LogP contribution >= 0.6 is 0 Å². The lowest BCUT2D eigenvalue weighted by molar-refractivity contribution is -0.145. The quantitative estimate of drug-likeness (QED) is 0.268. The van der Waals surface area contributed by atoms with Crippen molar-refractivity contribution in [3.05, 3.63) is 0 Å². The van der Waals surface area contributed by atoms with Crippen LogP contribution < -0.4 is 22.1 Å². The summed E-state index contributed by atoms with van der Waals surface area (Å²) in [7, 11) is 1.23. The van der Waals surface area contributed by atoms with Crippen molar-refractivity contribution in [2.24, 2.45) is 11.5 Å². The van der Waals surface area contributed by atoms with Gasteiger partial charge >= 0.3 is 12.1 Å². The second-order valence-corrected chi connectivity index (χ2v) is 6.03. The number of hydrogen-bond donors (Lipinski definition) is 4. The van der Waals surface area contributed by atoms with Gasteiger partial charge in [-0.2, -0.15) is 0 Å². The first-order valence-corrected chi connectivity index (χ1v) is 7.43. The van der Waals surface area contributed by atoms with Gasteiger partial charge in [-0.1, -0.05) is 0 Å². The van der Waals surface area contributed by atoms with Gasteiger partial charge in [-0.05, 0) is 40.0 Å². The fourth-order valence-corrected chi connectivity index (χ4v) is 1.64. The Bertz CT molecular complexity index is 406. The summed E-state index contributed by atoms with van der Waals surface area (Å²) >= 11 is 0. The first-order chi connectivity index (χ1) is 10.6. The summed E-state index contributed by atoms with van der Waals surface area (Å²) in [6.07, 6.45) is -0.158. The number of rotatable bonds is 8. The smallest absolute Gasteiger partial charge is 0.407 e. The number of unbranched alkanes of at least 4 members (excludes halogenated alkanes) is 1. The summed E-state index contributed by atoms with van der Waals surface area (Å²) in [4.78, 5) is 34.5. The maximum Gasteiger partial charge on any atom is 0.407 e. The molecule has 6 N–H and O–H groups in total. The minimum atomic E-state index is -1.20. The van der Waals surface area contributed by atoms with E-state index in [2.05, 4.69) is 15.4 Å². The average Bonchev–Trinajstić information content (AvgIpc) is 2.42. The highest BCUT2D eigenvalue weighted by atomic mass is 16.6. The molecule has 134 valence electrons. The van der Waals surface area contributed by atoms with Gasteiger partial charge in [-0.3, -0.25) is 4.79 Å². The van der Waals surface area contributed by atoms with E-state index in [1.54, 1.807) is 20.8 Å². The molecule has 0 saturated heterocycles. The topological polar surface area (TPSA) is 146 Å². The molecule has 0 saturated carbocycles. The summed E-state index contributed by atoms with van der Waals surface area (Å²) in [5.74, 6) is -1.20. The molecule has 0 aliphatic heterocycles. The highest BCUT2D eigenvalue weighted by Gasteiger charge is 2.22. The van der Waals surface area contributed by atoms with Crippen LogP contribution in [0.2, 0.25) is 0 Å². The van der Waals surface area contributed by atoms with Gasteiger partial charge in [0, 0.05) is 6.54 Å². The average molecular weight is 332 g/mol. The highest BCUT2D eigenvalue weighted by molar-refractivity contribution is 5.86. The fraction of sp³-hybridized carbons (Fsp3) is 0.786. The van der Waals surface area contributed by atoms with Crippen LogP contribution in [-0.2, 0) is 19.1 Å². The van der Waals surface area contributed by atoms with Crippen molar-refractivity contribution < 1.29 is 23.9 Å². The monoisotopic (exact) mass is 332 g/mol. The minimum Gasteiger partial charge on any atom is -0.467 e. The van der Waals surface area contributed by atoms with E-state index in [0.717, 1.165) is 0 Å². The van der Waals surface area contributed by atoms with Crippen LogP contribution in [0.15, 0.2) is 0 Å². The SMILES string of the molecule is COC(=O)[C@H](CCCCNC(=O)OC(C)(C)C)NC(=O)C(N)N. The Labute approximate surface area is 136 Å². The Morgan fingerprint density at radius 1 is 1.13 bits per heavy atom. The normalized spacial score (nSPS) is 12.5. The van der Waals surface area contributed by atoms with Crippen LogP contribution in [0, 0.1) is 0 Å². The van der Waals surface area contributed by atoms with Gasteiger partial charge in [0.15, 0.2) is 0 Å². The molecule has 0 aromatic carbocycles. The molecule has 0 heterocycles. The van der Waals surface area contributed by atoms with Crippen LogP contribution in [0.25, 0.3) is 0 Å². The lowest BCUT2D eigenvalue weighted by Gasteiger charge is -2.20. The van der Waals surface area contributed by atoms with Crippen molar-refractivity contribution in [2.45, 2.75) is 57.8 Å². The molecule has 0 fully saturated rings. The summed E-state index contributed by atoms with van der Waals surface area (Å²) in [5.41, 5.74) is 9.93. The summed E-state index contributed by atoms with van der Waals surface area (Å²) in [6.45, 7) is 5.72. The zero-order chi connectivity index (χ0) is 18.0. The Hall–Kier alpha value is -1.87. The number of esters is 1. The van der Waals surface area contributed by atoms with Crippen molar-refractivity contribution in [3.8, 4) is 0 Å². The Balaban J connectivity index is 4.11. The van der Waals surface area contributed by atoms with Gasteiger partial charge in [0.05, 0.1) is 7.11 Å². The Kier molecular flexibility index (Phi) is 9.19. The number of carbonyl (C=O) groups excluding carboxylic acids is 3. The van der Waals surface area contributed by atoms with Gasteiger partial charge in [-0.15, -0.1) is 0 Å². The molecule has 2 amide bonds. The third-order valence-corrected chi connectivity index (χ3v) is 2.69. The zero-order valence-corrected chi connectivity index (χ0v) is 14.2. The summed E-state index contributed by atoms with van der Waals surface area (Å²) in [5, 5.41) is 5.03. The molecular formula is C14H28N4O5. The predicted molar refractivity (Wildman–Crippen MR) is 84.2 cm³/mol. The number of nitrogens with two attached hydrogens (primary N) is 2. The van der Waals surface area contributed by atoms with Gasteiger partial charge < -0.3 is 31.6 Å². The number of alkyl carbamates (subject to hydrolysis) is 1. The molecular weight excluding hydrogens is 304 g/mol. The van der Waals surface area contributed by atoms with E-state index in [1.165, 1.54) is 7.11 Å². The molecule has 0 bridgehead atoms. The van der Waals surface area contributed by atoms with Crippen LogP contribution in [0.1, 0.15) is 40.0 Å². The molecule has 0 aromatic rings. The molecule has 0 spiro atoms. The molecule has 23 heavy (non-hydrogen) atoms. The third-order valence-electron chi connectivity index (χ3n) is 2.69. The maximum absolute atomic E-state index is 11.6. The molecule has 0 aliphatic rings. The van der Waals surface area contributed by atoms with E-state index >= 15 is 0 Å². The van der Waals surface area contributed by atoms with Crippen LogP contribution in [0.3, 0.4) is 0 Å². The number of methoxy groups -OCH3 is 1. The van der Waals surface area contributed by atoms with E-state index in [0.29, 0.717) is 25.8 Å². The van der Waals surface area contributed by atoms with Crippen LogP contribution in [0.5, 0.6) is 0 Å². The van der Waals surface area contributed by atoms with Crippen molar-refractivity contribution in [1.29, 1.82) is 0 Å². The fourth-order valence-electron chi connectivity index (χ4n) is 1.64. The van der Waals surface area contributed by atoms with Gasteiger partial charge in [0.1, 0.15) is 17.8 Å². The standard InChI is InChI=1S/C14H28N4O5/c1-14(2,3)23-13(21)17-8-6-5-7-9(12(20)22-4)18-11(19)10(15)16/h9-10H,5-8,15-16H2,1-4H3,(H,17,21)(H,18,19)/t9-/m0/s1. The molecule has 0 unspecified atom stereocenters. The van der Waals surface area contributed by atoms with Crippen LogP contribution in [0.4, 0.5) is 4.79 Å². The minimum absolute atomic E-state index is 0.348. The third kappa shape index (κ3) is 10.5. The van der Waals surface area contributed by atoms with E-state index in [1.807, 2.05) is 0 Å². The van der Waals surface area contributed by atoms with E-state index in [4.69, 9.17) is 16.2 Å². The Morgan fingerprint density at radius 2 is 1.74 bits per heavy atom. The molecule has 1 atom stereocenters. The number of amides is 2. The predicted octanol–water partition coefficient (Wildman–Crippen LogP) is -0.417. The van der Waals surface area contributed by atoms with Gasteiger partial charge in [0.2, 0.25) is 0 Å². The highest BCUT2D eigenvalue weighted by Crippen LogP contribution is 2.07. The lowest BCUT2D eigenvalue weighted by atomic mass is 10.1. The van der Waals surface area contributed by atoms with E-state index in [-0.39, 0.29) is 0 Å². The number of ether oxygens (including phenoxy) is 2.